The first-order valence-electron chi connectivity index (χ1n) is 16.0. The molecule has 8 nitrogen and oxygen atoms in total. The third-order valence-electron chi connectivity index (χ3n) is 11.8. The number of ketones is 1. The zero-order valence-electron chi connectivity index (χ0n) is 27.8. The highest BCUT2D eigenvalue weighted by atomic mass is 28.4. The van der Waals surface area contributed by atoms with Crippen molar-refractivity contribution >= 4 is 22.4 Å². The maximum Gasteiger partial charge on any atom is 0.196 e. The molecule has 10 heteroatoms. The third-order valence-corrected chi connectivity index (χ3v) is 13.7. The van der Waals surface area contributed by atoms with Crippen molar-refractivity contribution in [3.63, 3.8) is 0 Å². The normalized spacial score (nSPS) is 50.8. The van der Waals surface area contributed by atoms with Crippen molar-refractivity contribution in [1.29, 1.82) is 0 Å². The Morgan fingerprint density at radius 1 is 0.953 bits per heavy atom. The molecule has 1 aromatic carbocycles. The number of benzene rings is 1. The molecule has 1 N–H and O–H groups in total. The second kappa shape index (κ2) is 8.30. The highest BCUT2D eigenvalue weighted by Crippen LogP contribution is 2.92. The average molecular weight is 631 g/mol. The molecule has 1 aromatic rings. The topological polar surface area (TPSA) is 92.7 Å². The van der Waals surface area contributed by atoms with Crippen LogP contribution in [-0.2, 0) is 39.2 Å². The summed E-state index contributed by atoms with van der Waals surface area (Å²) in [6.45, 7) is 23.1. The molecule has 10 atom stereocenters. The van der Waals surface area contributed by atoms with Gasteiger partial charge in [-0.1, -0.05) is 44.2 Å². The van der Waals surface area contributed by atoms with Gasteiger partial charge in [0.15, 0.2) is 50.8 Å². The maximum absolute atomic E-state index is 15.5. The summed E-state index contributed by atoms with van der Waals surface area (Å²) in [6, 6.07) is 10.0. The SMILES string of the molecule is C[C@H]1CC[C@]2(O[Si](C)(C)C)[C@]3(C)C[C@]4(OCc5ccccc5)O[C@@]2([C@@H]1O)[C@]12OC(C)(C)O[C@]31C(=O)[C@@H](O[Si](C)(C)C)[C@]42C. The van der Waals surface area contributed by atoms with Crippen LogP contribution >= 0.6 is 0 Å². The molecule has 43 heavy (non-hydrogen) atoms. The van der Waals surface area contributed by atoms with Crippen molar-refractivity contribution in [3.8, 4) is 0 Å². The molecular weight excluding hydrogens is 581 g/mol. The summed E-state index contributed by atoms with van der Waals surface area (Å²) in [5.74, 6) is -2.68. The molecular formula is C33H50O8Si2. The van der Waals surface area contributed by atoms with Crippen molar-refractivity contribution < 1.29 is 37.7 Å². The number of Topliss-reactive ketones (excluding diaryl/α,β-unsaturated/α-hetero) is 1. The number of aliphatic hydroxyl groups excluding tert-OH is 1. The molecule has 4 saturated carbocycles. The molecule has 0 radical (unpaired) electrons. The Balaban J connectivity index is 1.57. The number of rotatable bonds is 7. The fourth-order valence-electron chi connectivity index (χ4n) is 10.9. The second-order valence-electron chi connectivity index (χ2n) is 17.0. The van der Waals surface area contributed by atoms with E-state index < -0.39 is 73.7 Å². The van der Waals surface area contributed by atoms with E-state index in [1.165, 1.54) is 0 Å². The van der Waals surface area contributed by atoms with Crippen LogP contribution in [-0.4, -0.2) is 73.7 Å². The lowest BCUT2D eigenvalue weighted by Gasteiger charge is -2.65. The van der Waals surface area contributed by atoms with E-state index in [1.807, 2.05) is 44.2 Å². The molecule has 8 rings (SSSR count). The Labute approximate surface area is 258 Å². The van der Waals surface area contributed by atoms with Crippen molar-refractivity contribution in [2.24, 2.45) is 16.7 Å². The molecule has 0 aromatic heterocycles. The van der Waals surface area contributed by atoms with Crippen LogP contribution in [0.1, 0.15) is 59.4 Å². The molecule has 3 heterocycles. The molecule has 7 aliphatic rings. The minimum absolute atomic E-state index is 0.119. The molecule has 3 aliphatic heterocycles. The number of carbonyl (C=O) groups excluding carboxylic acids is 1. The van der Waals surface area contributed by atoms with E-state index in [2.05, 4.69) is 60.1 Å². The van der Waals surface area contributed by atoms with Crippen LogP contribution in [0, 0.1) is 16.7 Å². The number of ether oxygens (including phenoxy) is 4. The van der Waals surface area contributed by atoms with Gasteiger partial charge < -0.3 is 32.9 Å². The van der Waals surface area contributed by atoms with Gasteiger partial charge in [-0.05, 0) is 84.4 Å². The summed E-state index contributed by atoms with van der Waals surface area (Å²) in [7, 11) is -4.62. The van der Waals surface area contributed by atoms with Gasteiger partial charge in [0.05, 0.1) is 23.7 Å². The first-order chi connectivity index (χ1) is 19.7. The Hall–Kier alpha value is -0.956. The quantitative estimate of drug-likeness (QED) is 0.393. The lowest BCUT2D eigenvalue weighted by molar-refractivity contribution is -0.401. The fraction of sp³-hybridized carbons (Fsp3) is 0.788. The van der Waals surface area contributed by atoms with Gasteiger partial charge in [0.25, 0.3) is 0 Å². The van der Waals surface area contributed by atoms with E-state index in [0.717, 1.165) is 12.0 Å². The zero-order valence-corrected chi connectivity index (χ0v) is 29.8. The van der Waals surface area contributed by atoms with Gasteiger partial charge in [-0.15, -0.1) is 0 Å². The highest BCUT2D eigenvalue weighted by molar-refractivity contribution is 6.70. The van der Waals surface area contributed by atoms with Crippen molar-refractivity contribution in [2.45, 2.75) is 146 Å². The molecule has 2 spiro atoms. The van der Waals surface area contributed by atoms with Crippen molar-refractivity contribution in [2.75, 3.05) is 0 Å². The number of aliphatic hydroxyl groups is 1. The van der Waals surface area contributed by atoms with Crippen LogP contribution in [0.4, 0.5) is 0 Å². The summed E-state index contributed by atoms with van der Waals surface area (Å²) in [4.78, 5) is 15.5. The number of hydrogen-bond acceptors (Lipinski definition) is 8. The average Bonchev–Trinajstić information content (AvgIpc) is 3.32. The molecule has 0 unspecified atom stereocenters. The van der Waals surface area contributed by atoms with E-state index in [-0.39, 0.29) is 18.3 Å². The van der Waals surface area contributed by atoms with Crippen LogP contribution in [0.15, 0.2) is 30.3 Å². The molecule has 238 valence electrons. The van der Waals surface area contributed by atoms with Crippen LogP contribution in [0.5, 0.6) is 0 Å². The van der Waals surface area contributed by atoms with Gasteiger partial charge in [0, 0.05) is 11.8 Å². The van der Waals surface area contributed by atoms with Crippen molar-refractivity contribution in [3.05, 3.63) is 35.9 Å². The molecule has 0 amide bonds. The summed E-state index contributed by atoms with van der Waals surface area (Å²) in [5.41, 5.74) is -6.46. The highest BCUT2D eigenvalue weighted by Gasteiger charge is 3.11. The largest absolute Gasteiger partial charge is 0.408 e. The summed E-state index contributed by atoms with van der Waals surface area (Å²) in [5, 5.41) is 12.7. The minimum atomic E-state index is -2.31. The predicted octanol–water partition coefficient (Wildman–Crippen LogP) is 5.54. The first-order valence-corrected chi connectivity index (χ1v) is 22.9. The molecule has 7 fully saturated rings. The van der Waals surface area contributed by atoms with Gasteiger partial charge in [-0.2, -0.15) is 0 Å². The van der Waals surface area contributed by atoms with E-state index in [1.54, 1.807) is 0 Å². The Morgan fingerprint density at radius 3 is 2.21 bits per heavy atom. The fourth-order valence-corrected chi connectivity index (χ4v) is 13.5. The monoisotopic (exact) mass is 630 g/mol. The van der Waals surface area contributed by atoms with Crippen LogP contribution in [0.25, 0.3) is 0 Å². The van der Waals surface area contributed by atoms with E-state index in [4.69, 9.17) is 27.8 Å². The standard InChI is InChI=1S/C33H50O8Si2/c1-21-17-18-29(41-43(9,10)11)27(4)20-30(36-19-22-15-13-12-14-16-22)28(5)25(37-42(6,7)8)24(35)31(27)33(28,39-26(2,3)38-31)32(29,40-30)23(21)34/h12-16,21,23,25,34H,17-20H2,1-11H3/t21-,23+,25+,27-,28+,29-,30-,31+,32+,33+/m0/s1. The Bertz CT molecular complexity index is 1370. The first kappa shape index (κ1) is 30.7. The van der Waals surface area contributed by atoms with Crippen LogP contribution < -0.4 is 0 Å². The smallest absolute Gasteiger partial charge is 0.196 e. The zero-order chi connectivity index (χ0) is 31.5. The Morgan fingerprint density at radius 2 is 1.60 bits per heavy atom. The maximum atomic E-state index is 15.5. The Kier molecular flexibility index (Phi) is 5.92. The van der Waals surface area contributed by atoms with Crippen LogP contribution in [0.2, 0.25) is 39.3 Å². The third kappa shape index (κ3) is 3.06. The lowest BCUT2D eigenvalue weighted by Crippen LogP contribution is -2.77. The van der Waals surface area contributed by atoms with E-state index in [0.29, 0.717) is 12.8 Å². The van der Waals surface area contributed by atoms with Gasteiger partial charge >= 0.3 is 0 Å². The number of carbonyl (C=O) groups is 1. The van der Waals surface area contributed by atoms with Crippen molar-refractivity contribution in [1.82, 2.24) is 0 Å². The van der Waals surface area contributed by atoms with Gasteiger partial charge in [-0.25, -0.2) is 0 Å². The van der Waals surface area contributed by atoms with Gasteiger partial charge in [0.1, 0.15) is 6.10 Å². The summed E-state index contributed by atoms with van der Waals surface area (Å²) in [6.07, 6.45) is -0.173. The molecule has 6 bridgehead atoms. The second-order valence-corrected chi connectivity index (χ2v) is 25.9. The van der Waals surface area contributed by atoms with Gasteiger partial charge in [-0.3, -0.25) is 4.79 Å². The van der Waals surface area contributed by atoms with E-state index in [9.17, 15) is 5.11 Å². The van der Waals surface area contributed by atoms with Gasteiger partial charge in [0.2, 0.25) is 0 Å². The molecule has 3 saturated heterocycles. The summed E-state index contributed by atoms with van der Waals surface area (Å²) >= 11 is 0. The lowest BCUT2D eigenvalue weighted by atomic mass is 9.54. The molecule has 4 aliphatic carbocycles. The number of hydrogen-bond donors (Lipinski definition) is 1. The van der Waals surface area contributed by atoms with E-state index >= 15 is 4.79 Å². The minimum Gasteiger partial charge on any atom is -0.408 e. The predicted molar refractivity (Wildman–Crippen MR) is 165 cm³/mol. The van der Waals surface area contributed by atoms with Crippen LogP contribution in [0.3, 0.4) is 0 Å². The summed E-state index contributed by atoms with van der Waals surface area (Å²) < 4.78 is 43.4.